The minimum atomic E-state index is 1.01. The Bertz CT molecular complexity index is 787. The predicted molar refractivity (Wildman–Crippen MR) is 113 cm³/mol. The molecular formula is C26H28Zr. The van der Waals surface area contributed by atoms with Crippen LogP contribution < -0.4 is 0 Å². The van der Waals surface area contributed by atoms with E-state index in [1.807, 2.05) is 12.2 Å². The normalized spacial score (nSPS) is 16.1. The third-order valence-corrected chi connectivity index (χ3v) is 6.37. The fourth-order valence-corrected chi connectivity index (χ4v) is 4.50. The van der Waals surface area contributed by atoms with Gasteiger partial charge in [0.25, 0.3) is 0 Å². The van der Waals surface area contributed by atoms with Gasteiger partial charge in [0.2, 0.25) is 0 Å². The van der Waals surface area contributed by atoms with Crippen molar-refractivity contribution in [3.05, 3.63) is 83.0 Å². The summed E-state index contributed by atoms with van der Waals surface area (Å²) in [6, 6.07) is 14.5. The van der Waals surface area contributed by atoms with E-state index in [1.165, 1.54) is 65.5 Å². The SMILES string of the molecule is Cc1c[c-]c2c(c1)-c1cc(C)ccc1C2.[C-]1=CC=CC1.[Zr+2]=[C]1CCCCC1. The van der Waals surface area contributed by atoms with Gasteiger partial charge in [-0.2, -0.15) is 35.4 Å². The van der Waals surface area contributed by atoms with E-state index in [0.717, 1.165) is 12.8 Å². The van der Waals surface area contributed by atoms with Crippen LogP contribution >= 0.6 is 0 Å². The van der Waals surface area contributed by atoms with Crippen molar-refractivity contribution in [2.75, 3.05) is 0 Å². The first-order chi connectivity index (χ1) is 13.1. The van der Waals surface area contributed by atoms with E-state index in [-0.39, 0.29) is 0 Å². The molecule has 0 unspecified atom stereocenters. The Kier molecular flexibility index (Phi) is 7.77. The molecule has 3 aliphatic rings. The van der Waals surface area contributed by atoms with Crippen LogP contribution in [0.3, 0.4) is 0 Å². The molecule has 0 aromatic heterocycles. The second-order valence-corrected chi connectivity index (χ2v) is 9.31. The molecule has 0 bridgehead atoms. The first-order valence-electron chi connectivity index (χ1n) is 10.0. The molecule has 0 heterocycles. The van der Waals surface area contributed by atoms with E-state index >= 15 is 0 Å². The summed E-state index contributed by atoms with van der Waals surface area (Å²) >= 11 is 1.69. The van der Waals surface area contributed by atoms with Gasteiger partial charge in [-0.15, -0.1) is 12.0 Å². The van der Waals surface area contributed by atoms with Crippen LogP contribution in [0.2, 0.25) is 0 Å². The Morgan fingerprint density at radius 3 is 2.30 bits per heavy atom. The fourth-order valence-electron chi connectivity index (χ4n) is 3.63. The zero-order valence-electron chi connectivity index (χ0n) is 16.6. The fraction of sp³-hybridized carbons (Fsp3) is 0.346. The summed E-state index contributed by atoms with van der Waals surface area (Å²) in [6.07, 6.45) is 18.4. The van der Waals surface area contributed by atoms with Gasteiger partial charge in [-0.25, -0.2) is 12.2 Å². The van der Waals surface area contributed by atoms with Crippen LogP contribution in [0.5, 0.6) is 0 Å². The average Bonchev–Trinajstić information content (AvgIpc) is 3.35. The van der Waals surface area contributed by atoms with Crippen molar-refractivity contribution in [2.45, 2.75) is 58.8 Å². The topological polar surface area (TPSA) is 0 Å². The molecule has 136 valence electrons. The van der Waals surface area contributed by atoms with Gasteiger partial charge >= 0.3 is 59.5 Å². The molecule has 1 heteroatoms. The van der Waals surface area contributed by atoms with Crippen molar-refractivity contribution in [2.24, 2.45) is 0 Å². The van der Waals surface area contributed by atoms with Crippen LogP contribution in [-0.4, -0.2) is 3.21 Å². The molecule has 0 radical (unpaired) electrons. The molecule has 3 aliphatic carbocycles. The first-order valence-corrected chi connectivity index (χ1v) is 11.3. The molecule has 0 amide bonds. The van der Waals surface area contributed by atoms with Crippen LogP contribution in [0.25, 0.3) is 11.1 Å². The van der Waals surface area contributed by atoms with Gasteiger partial charge in [0.1, 0.15) is 0 Å². The molecule has 2 aromatic rings. The molecule has 0 nitrogen and oxygen atoms in total. The van der Waals surface area contributed by atoms with Crippen LogP contribution in [0.15, 0.2) is 48.6 Å². The third-order valence-electron chi connectivity index (χ3n) is 5.14. The monoisotopic (exact) mass is 430 g/mol. The average molecular weight is 432 g/mol. The summed E-state index contributed by atoms with van der Waals surface area (Å²) in [7, 11) is 0. The first kappa shape index (κ1) is 20.4. The van der Waals surface area contributed by atoms with Gasteiger partial charge in [0.15, 0.2) is 0 Å². The molecule has 27 heavy (non-hydrogen) atoms. The Labute approximate surface area is 179 Å². The summed E-state index contributed by atoms with van der Waals surface area (Å²) in [6.45, 7) is 4.28. The minimum absolute atomic E-state index is 1.01. The van der Waals surface area contributed by atoms with Gasteiger partial charge < -0.3 is 0 Å². The van der Waals surface area contributed by atoms with Crippen molar-refractivity contribution in [1.29, 1.82) is 0 Å². The second-order valence-electron chi connectivity index (χ2n) is 7.57. The number of hydrogen-bond acceptors (Lipinski definition) is 0. The quantitative estimate of drug-likeness (QED) is 0.350. The van der Waals surface area contributed by atoms with Crippen molar-refractivity contribution < 1.29 is 24.2 Å². The number of rotatable bonds is 0. The van der Waals surface area contributed by atoms with E-state index in [2.05, 4.69) is 62.4 Å². The van der Waals surface area contributed by atoms with E-state index in [0.29, 0.717) is 0 Å². The molecule has 0 atom stereocenters. The van der Waals surface area contributed by atoms with Crippen LogP contribution in [-0.2, 0) is 30.7 Å². The Morgan fingerprint density at radius 1 is 0.926 bits per heavy atom. The van der Waals surface area contributed by atoms with Gasteiger partial charge in [-0.05, 0) is 13.3 Å². The van der Waals surface area contributed by atoms with E-state index in [4.69, 9.17) is 0 Å². The van der Waals surface area contributed by atoms with E-state index in [1.54, 1.807) is 27.4 Å². The summed E-state index contributed by atoms with van der Waals surface area (Å²) < 4.78 is 1.80. The van der Waals surface area contributed by atoms with Crippen molar-refractivity contribution in [3.63, 3.8) is 0 Å². The number of fused-ring (bicyclic) bond motifs is 3. The Morgan fingerprint density at radius 2 is 1.70 bits per heavy atom. The van der Waals surface area contributed by atoms with E-state index < -0.39 is 0 Å². The van der Waals surface area contributed by atoms with Crippen LogP contribution in [0.1, 0.15) is 60.8 Å². The van der Waals surface area contributed by atoms with Crippen molar-refractivity contribution >= 4 is 3.21 Å². The van der Waals surface area contributed by atoms with Crippen LogP contribution in [0.4, 0.5) is 0 Å². The number of hydrogen-bond donors (Lipinski definition) is 0. The van der Waals surface area contributed by atoms with Crippen molar-refractivity contribution in [1.82, 2.24) is 0 Å². The molecule has 0 spiro atoms. The standard InChI is InChI=1S/C15H13.C6H10.C5H5.Zr/c1-10-3-5-12-9-13-6-4-11(2)8-15(13)14(12)7-10;1-2-4-6-5-3-1;1-2-4-5-3-1;/h3-5,7-8H,9H2,1-2H3;1-5H2;1-3H,4H2;/q-1;;-1;+2. The molecule has 1 saturated carbocycles. The molecular weight excluding hydrogens is 404 g/mol. The Hall–Kier alpha value is -1.33. The third kappa shape index (κ3) is 6.08. The summed E-state index contributed by atoms with van der Waals surface area (Å²) in [5.74, 6) is 0. The van der Waals surface area contributed by atoms with Gasteiger partial charge in [-0.1, -0.05) is 41.8 Å². The summed E-state index contributed by atoms with van der Waals surface area (Å²) in [4.78, 5) is 0. The number of aryl methyl sites for hydroxylation is 2. The zero-order valence-corrected chi connectivity index (χ0v) is 19.0. The Balaban J connectivity index is 0.000000145. The van der Waals surface area contributed by atoms with Gasteiger partial charge in [0.05, 0.1) is 0 Å². The second kappa shape index (κ2) is 10.3. The van der Waals surface area contributed by atoms with Gasteiger partial charge in [0, 0.05) is 0 Å². The van der Waals surface area contributed by atoms with Crippen molar-refractivity contribution in [3.8, 4) is 11.1 Å². The molecule has 1 fully saturated rings. The number of allylic oxidation sites excluding steroid dienone is 4. The maximum atomic E-state index is 3.38. The maximum absolute atomic E-state index is 3.38. The number of benzene rings is 2. The molecule has 2 aromatic carbocycles. The molecule has 0 saturated heterocycles. The summed E-state index contributed by atoms with van der Waals surface area (Å²) in [5, 5.41) is 0. The van der Waals surface area contributed by atoms with Gasteiger partial charge in [-0.3, -0.25) is 6.08 Å². The summed E-state index contributed by atoms with van der Waals surface area (Å²) in [5.41, 5.74) is 8.21. The van der Waals surface area contributed by atoms with Crippen LogP contribution in [0, 0.1) is 26.0 Å². The molecule has 5 rings (SSSR count). The zero-order chi connectivity index (χ0) is 19.1. The molecule has 0 aliphatic heterocycles. The predicted octanol–water partition coefficient (Wildman–Crippen LogP) is 6.65. The van der Waals surface area contributed by atoms with E-state index in [9.17, 15) is 0 Å². The molecule has 0 N–H and O–H groups in total.